The Morgan fingerprint density at radius 1 is 1.35 bits per heavy atom. The Labute approximate surface area is 213 Å². The van der Waals surface area contributed by atoms with Gasteiger partial charge in [-0.1, -0.05) is 0 Å². The van der Waals surface area contributed by atoms with Gasteiger partial charge in [0.1, 0.15) is 5.75 Å². The standard InChI is InChI=1S/C24H33F3N4O6/c1-14(2)31(15-6-5-8-29(12-15)22(34)35)20(32)16-10-18-19(11-17(16)24(25,26)27)37-23(3,13-36-4)21(33)30(18)9-7-28/h10-11,14-15H,5-9,12-13,28H2,1-4H3,(H,34,35)/t15-,23?/m1/s1. The summed E-state index contributed by atoms with van der Waals surface area (Å²) in [5.41, 5.74) is 2.24. The van der Waals surface area contributed by atoms with Crippen LogP contribution in [-0.4, -0.2) is 90.4 Å². The zero-order valence-electron chi connectivity index (χ0n) is 21.3. The molecule has 1 aromatic rings. The average molecular weight is 531 g/mol. The maximum absolute atomic E-state index is 14.3. The Bertz CT molecular complexity index is 1050. The van der Waals surface area contributed by atoms with Gasteiger partial charge in [0, 0.05) is 39.3 Å². The van der Waals surface area contributed by atoms with E-state index in [2.05, 4.69) is 0 Å². The van der Waals surface area contributed by atoms with Crippen molar-refractivity contribution in [2.75, 3.05) is 44.8 Å². The van der Waals surface area contributed by atoms with E-state index in [9.17, 15) is 32.7 Å². The number of nitrogens with two attached hydrogens (primary N) is 1. The number of benzene rings is 1. The number of ether oxygens (including phenoxy) is 2. The van der Waals surface area contributed by atoms with Crippen LogP contribution in [0.5, 0.6) is 5.75 Å². The van der Waals surface area contributed by atoms with Crippen LogP contribution in [0.25, 0.3) is 0 Å². The molecule has 1 aromatic carbocycles. The summed E-state index contributed by atoms with van der Waals surface area (Å²) in [5.74, 6) is -1.69. The molecule has 1 fully saturated rings. The van der Waals surface area contributed by atoms with Gasteiger partial charge in [-0.05, 0) is 45.7 Å². The Morgan fingerprint density at radius 3 is 2.57 bits per heavy atom. The first kappa shape index (κ1) is 28.5. The molecular weight excluding hydrogens is 497 g/mol. The Balaban J connectivity index is 2.15. The van der Waals surface area contributed by atoms with Crippen LogP contribution < -0.4 is 15.4 Å². The molecule has 3 rings (SSSR count). The number of hydrogen-bond acceptors (Lipinski definition) is 6. The number of nitrogens with zero attached hydrogens (tertiary/aromatic N) is 3. The number of amides is 3. The van der Waals surface area contributed by atoms with E-state index in [1.807, 2.05) is 0 Å². The molecule has 1 unspecified atom stereocenters. The molecule has 0 aromatic heterocycles. The lowest BCUT2D eigenvalue weighted by atomic mass is 9.96. The van der Waals surface area contributed by atoms with Gasteiger partial charge in [0.05, 0.1) is 29.5 Å². The summed E-state index contributed by atoms with van der Waals surface area (Å²) in [6, 6.07) is 0.618. The second kappa shape index (κ2) is 10.7. The summed E-state index contributed by atoms with van der Waals surface area (Å²) in [4.78, 5) is 42.2. The van der Waals surface area contributed by atoms with Crippen molar-refractivity contribution in [3.8, 4) is 5.75 Å². The number of hydrogen-bond donors (Lipinski definition) is 2. The largest absolute Gasteiger partial charge is 0.473 e. The molecule has 2 atom stereocenters. The van der Waals surface area contributed by atoms with Gasteiger partial charge in [-0.2, -0.15) is 13.2 Å². The van der Waals surface area contributed by atoms with Crippen LogP contribution in [0.4, 0.5) is 23.7 Å². The molecule has 2 aliphatic heterocycles. The molecular formula is C24H33F3N4O6. The molecule has 2 aliphatic rings. The van der Waals surface area contributed by atoms with Gasteiger partial charge < -0.3 is 35.0 Å². The van der Waals surface area contributed by atoms with Gasteiger partial charge >= 0.3 is 12.3 Å². The average Bonchev–Trinajstić information content (AvgIpc) is 2.81. The van der Waals surface area contributed by atoms with Crippen molar-refractivity contribution in [1.82, 2.24) is 9.80 Å². The molecule has 13 heteroatoms. The van der Waals surface area contributed by atoms with Crippen LogP contribution in [0.2, 0.25) is 0 Å². The van der Waals surface area contributed by atoms with Crippen LogP contribution >= 0.6 is 0 Å². The molecule has 2 heterocycles. The molecule has 0 radical (unpaired) electrons. The zero-order valence-corrected chi connectivity index (χ0v) is 21.3. The summed E-state index contributed by atoms with van der Waals surface area (Å²) in [6.45, 7) is 4.79. The van der Waals surface area contributed by atoms with Crippen molar-refractivity contribution in [2.45, 2.75) is 57.5 Å². The number of anilines is 1. The number of carbonyl (C=O) groups is 3. The number of methoxy groups -OCH3 is 1. The summed E-state index contributed by atoms with van der Waals surface area (Å²) >= 11 is 0. The van der Waals surface area contributed by atoms with Crippen molar-refractivity contribution in [3.63, 3.8) is 0 Å². The van der Waals surface area contributed by atoms with Crippen molar-refractivity contribution in [1.29, 1.82) is 0 Å². The van der Waals surface area contributed by atoms with Gasteiger partial charge in [-0.3, -0.25) is 9.59 Å². The Hall–Kier alpha value is -3.06. The Morgan fingerprint density at radius 2 is 2.03 bits per heavy atom. The molecule has 0 spiro atoms. The van der Waals surface area contributed by atoms with Crippen molar-refractivity contribution in [2.24, 2.45) is 5.73 Å². The topological polar surface area (TPSA) is 126 Å². The third-order valence-corrected chi connectivity index (χ3v) is 6.58. The zero-order chi connectivity index (χ0) is 27.7. The van der Waals surface area contributed by atoms with Crippen molar-refractivity contribution in [3.05, 3.63) is 23.3 Å². The molecule has 0 bridgehead atoms. The molecule has 37 heavy (non-hydrogen) atoms. The number of halogens is 3. The lowest BCUT2D eigenvalue weighted by molar-refractivity contribution is -0.139. The van der Waals surface area contributed by atoms with E-state index in [4.69, 9.17) is 15.2 Å². The van der Waals surface area contributed by atoms with Crippen molar-refractivity contribution < 1.29 is 42.1 Å². The minimum absolute atomic E-state index is 0.000101. The van der Waals surface area contributed by atoms with E-state index in [0.717, 1.165) is 17.0 Å². The summed E-state index contributed by atoms with van der Waals surface area (Å²) < 4.78 is 53.6. The third-order valence-electron chi connectivity index (χ3n) is 6.58. The van der Waals surface area contributed by atoms with Gasteiger partial charge in [-0.15, -0.1) is 0 Å². The van der Waals surface area contributed by atoms with Crippen LogP contribution in [0.15, 0.2) is 12.1 Å². The van der Waals surface area contributed by atoms with Gasteiger partial charge in [0.15, 0.2) is 0 Å². The van der Waals surface area contributed by atoms with E-state index >= 15 is 0 Å². The first-order chi connectivity index (χ1) is 17.2. The van der Waals surface area contributed by atoms with E-state index < -0.39 is 52.9 Å². The number of alkyl halides is 3. The SMILES string of the molecule is COCC1(C)Oc2cc(C(F)(F)F)c(C(=O)N(C(C)C)[C@@H]3CCCN(C(=O)O)C3)cc2N(CCN)C1=O. The predicted molar refractivity (Wildman–Crippen MR) is 128 cm³/mol. The first-order valence-corrected chi connectivity index (χ1v) is 12.0. The van der Waals surface area contributed by atoms with E-state index in [0.29, 0.717) is 12.8 Å². The van der Waals surface area contributed by atoms with Crippen LogP contribution in [0, 0.1) is 0 Å². The maximum atomic E-state index is 14.3. The highest BCUT2D eigenvalue weighted by Crippen LogP contribution is 2.44. The number of fused-ring (bicyclic) bond motifs is 1. The number of carbonyl (C=O) groups excluding carboxylic acids is 2. The quantitative estimate of drug-likeness (QED) is 0.555. The third kappa shape index (κ3) is 5.61. The van der Waals surface area contributed by atoms with E-state index in [-0.39, 0.29) is 44.2 Å². The van der Waals surface area contributed by atoms with E-state index in [1.54, 1.807) is 13.8 Å². The summed E-state index contributed by atoms with van der Waals surface area (Å²) in [5, 5.41) is 9.40. The Kier molecular flexibility index (Phi) is 8.27. The molecule has 206 valence electrons. The highest BCUT2D eigenvalue weighted by molar-refractivity contribution is 6.05. The highest BCUT2D eigenvalue weighted by Gasteiger charge is 2.47. The minimum atomic E-state index is -4.91. The van der Waals surface area contributed by atoms with Crippen LogP contribution in [0.1, 0.15) is 49.5 Å². The van der Waals surface area contributed by atoms with Gasteiger partial charge in [0.2, 0.25) is 5.60 Å². The first-order valence-electron chi connectivity index (χ1n) is 12.0. The number of carboxylic acid groups (broad SMARTS) is 1. The van der Waals surface area contributed by atoms with Crippen LogP contribution in [-0.2, 0) is 15.7 Å². The number of rotatable bonds is 7. The van der Waals surface area contributed by atoms with Gasteiger partial charge in [-0.25, -0.2) is 4.79 Å². The second-order valence-corrected chi connectivity index (χ2v) is 9.71. The number of piperidine rings is 1. The molecule has 1 saturated heterocycles. The predicted octanol–water partition coefficient (Wildman–Crippen LogP) is 2.79. The van der Waals surface area contributed by atoms with Crippen LogP contribution in [0.3, 0.4) is 0 Å². The normalized spacial score (nSPS) is 22.1. The van der Waals surface area contributed by atoms with Gasteiger partial charge in [0.25, 0.3) is 11.8 Å². The fourth-order valence-corrected chi connectivity index (χ4v) is 4.99. The monoisotopic (exact) mass is 530 g/mol. The lowest BCUT2D eigenvalue weighted by Crippen LogP contribution is -2.58. The van der Waals surface area contributed by atoms with E-state index in [1.165, 1.54) is 23.8 Å². The molecule has 0 saturated carbocycles. The fourth-order valence-electron chi connectivity index (χ4n) is 4.99. The number of likely N-dealkylation sites (tertiary alicyclic amines) is 1. The highest BCUT2D eigenvalue weighted by atomic mass is 19.4. The summed E-state index contributed by atoms with van der Waals surface area (Å²) in [6.07, 6.45) is -5.16. The molecule has 0 aliphatic carbocycles. The maximum Gasteiger partial charge on any atom is 0.417 e. The smallest absolute Gasteiger partial charge is 0.417 e. The molecule has 10 nitrogen and oxygen atoms in total. The minimum Gasteiger partial charge on any atom is -0.473 e. The van der Waals surface area contributed by atoms with Crippen molar-refractivity contribution >= 4 is 23.6 Å². The fraction of sp³-hybridized carbons (Fsp3) is 0.625. The molecule has 3 N–H and O–H groups in total. The molecule has 3 amide bonds. The summed E-state index contributed by atoms with van der Waals surface area (Å²) in [7, 11) is 1.34. The lowest BCUT2D eigenvalue weighted by Gasteiger charge is -2.42. The second-order valence-electron chi connectivity index (χ2n) is 9.71.